The fourth-order valence-electron chi connectivity index (χ4n) is 1.05. The number of amides is 2. The lowest BCUT2D eigenvalue weighted by atomic mass is 10.1. The number of aliphatic hydroxyl groups is 1. The Hall–Kier alpha value is -1.55. The number of rotatable bonds is 3. The largest absolute Gasteiger partial charge is 0.373 e. The fourth-order valence-corrected chi connectivity index (χ4v) is 1.05. The maximum atomic E-state index is 10.4. The van der Waals surface area contributed by atoms with Crippen LogP contribution < -0.4 is 11.1 Å². The molecular weight excluding hydrogens is 168 g/mol. The Morgan fingerprint density at radius 1 is 1.46 bits per heavy atom. The van der Waals surface area contributed by atoms with E-state index in [1.807, 2.05) is 30.3 Å². The number of benzene rings is 1. The minimum atomic E-state index is -0.917. The second-order valence-corrected chi connectivity index (χ2v) is 2.71. The van der Waals surface area contributed by atoms with Crippen LogP contribution in [0.15, 0.2) is 30.3 Å². The van der Waals surface area contributed by atoms with Crippen LogP contribution in [0.5, 0.6) is 0 Å². The van der Waals surface area contributed by atoms with E-state index in [0.29, 0.717) is 6.42 Å². The van der Waals surface area contributed by atoms with Gasteiger partial charge in [-0.05, 0) is 5.56 Å². The normalized spacial score (nSPS) is 12.1. The molecule has 1 aromatic rings. The van der Waals surface area contributed by atoms with Crippen molar-refractivity contribution in [1.82, 2.24) is 5.32 Å². The molecule has 4 heteroatoms. The molecule has 0 spiro atoms. The molecule has 4 N–H and O–H groups in total. The predicted molar refractivity (Wildman–Crippen MR) is 48.9 cm³/mol. The average Bonchev–Trinajstić information content (AvgIpc) is 2.04. The lowest BCUT2D eigenvalue weighted by molar-refractivity contribution is 0.144. The van der Waals surface area contributed by atoms with Crippen LogP contribution in [0, 0.1) is 0 Å². The first-order valence-corrected chi connectivity index (χ1v) is 3.96. The van der Waals surface area contributed by atoms with E-state index in [4.69, 9.17) is 5.73 Å². The van der Waals surface area contributed by atoms with Gasteiger partial charge in [-0.25, -0.2) is 4.79 Å². The van der Waals surface area contributed by atoms with Gasteiger partial charge < -0.3 is 16.2 Å². The molecule has 0 aromatic heterocycles. The molecular formula is C9H12N2O2. The van der Waals surface area contributed by atoms with Crippen LogP contribution in [0.25, 0.3) is 0 Å². The number of primary amides is 1. The third-order valence-electron chi connectivity index (χ3n) is 1.58. The topological polar surface area (TPSA) is 75.4 Å². The molecule has 1 aromatic carbocycles. The van der Waals surface area contributed by atoms with Gasteiger partial charge in [0.15, 0.2) is 0 Å². The summed E-state index contributed by atoms with van der Waals surface area (Å²) in [6.45, 7) is 0. The van der Waals surface area contributed by atoms with Crippen molar-refractivity contribution in [1.29, 1.82) is 0 Å². The molecule has 0 aliphatic rings. The zero-order valence-electron chi connectivity index (χ0n) is 7.10. The van der Waals surface area contributed by atoms with E-state index in [1.54, 1.807) is 0 Å². The van der Waals surface area contributed by atoms with Crippen LogP contribution in [0.1, 0.15) is 5.56 Å². The van der Waals surface area contributed by atoms with Crippen LogP contribution in [0.3, 0.4) is 0 Å². The van der Waals surface area contributed by atoms with E-state index in [0.717, 1.165) is 5.56 Å². The Labute approximate surface area is 76.4 Å². The molecule has 13 heavy (non-hydrogen) atoms. The molecule has 0 radical (unpaired) electrons. The van der Waals surface area contributed by atoms with Gasteiger partial charge >= 0.3 is 6.03 Å². The standard InChI is InChI=1S/C9H12N2O2/c10-9(13)11-8(12)6-7-4-2-1-3-5-7/h1-5,8,12H,6H2,(H3,10,11,13)/t8-/m0/s1. The second-order valence-electron chi connectivity index (χ2n) is 2.71. The monoisotopic (exact) mass is 180 g/mol. The summed E-state index contributed by atoms with van der Waals surface area (Å²) in [6, 6.07) is 8.64. The van der Waals surface area contributed by atoms with Gasteiger partial charge in [-0.15, -0.1) is 0 Å². The third kappa shape index (κ3) is 3.57. The average molecular weight is 180 g/mol. The van der Waals surface area contributed by atoms with Crippen molar-refractivity contribution >= 4 is 6.03 Å². The van der Waals surface area contributed by atoms with Gasteiger partial charge in [-0.3, -0.25) is 0 Å². The Morgan fingerprint density at radius 3 is 2.62 bits per heavy atom. The number of nitrogens with one attached hydrogen (secondary N) is 1. The highest BCUT2D eigenvalue weighted by molar-refractivity contribution is 5.71. The highest BCUT2D eigenvalue weighted by atomic mass is 16.3. The minimum absolute atomic E-state index is 0.365. The molecule has 2 amide bonds. The van der Waals surface area contributed by atoms with Crippen molar-refractivity contribution in [3.63, 3.8) is 0 Å². The van der Waals surface area contributed by atoms with E-state index in [2.05, 4.69) is 5.32 Å². The van der Waals surface area contributed by atoms with Gasteiger partial charge in [0.1, 0.15) is 6.23 Å². The van der Waals surface area contributed by atoms with Crippen LogP contribution in [-0.2, 0) is 6.42 Å². The molecule has 1 atom stereocenters. The Morgan fingerprint density at radius 2 is 2.08 bits per heavy atom. The van der Waals surface area contributed by atoms with Crippen LogP contribution >= 0.6 is 0 Å². The van der Waals surface area contributed by atoms with Crippen molar-refractivity contribution < 1.29 is 9.90 Å². The van der Waals surface area contributed by atoms with E-state index in [1.165, 1.54) is 0 Å². The van der Waals surface area contributed by atoms with Crippen molar-refractivity contribution in [3.8, 4) is 0 Å². The van der Waals surface area contributed by atoms with Crippen LogP contribution in [-0.4, -0.2) is 17.4 Å². The van der Waals surface area contributed by atoms with Crippen molar-refractivity contribution in [2.45, 2.75) is 12.6 Å². The molecule has 4 nitrogen and oxygen atoms in total. The van der Waals surface area contributed by atoms with Crippen molar-refractivity contribution in [2.24, 2.45) is 5.73 Å². The van der Waals surface area contributed by atoms with Gasteiger partial charge in [0, 0.05) is 6.42 Å². The van der Waals surface area contributed by atoms with E-state index in [-0.39, 0.29) is 0 Å². The molecule has 0 aliphatic carbocycles. The van der Waals surface area contributed by atoms with E-state index >= 15 is 0 Å². The van der Waals surface area contributed by atoms with Gasteiger partial charge in [0.25, 0.3) is 0 Å². The quantitative estimate of drug-likeness (QED) is 0.582. The lowest BCUT2D eigenvalue weighted by Gasteiger charge is -2.10. The molecule has 0 aliphatic heterocycles. The summed E-state index contributed by atoms with van der Waals surface area (Å²) in [5.41, 5.74) is 5.78. The van der Waals surface area contributed by atoms with Gasteiger partial charge in [0.2, 0.25) is 0 Å². The maximum Gasteiger partial charge on any atom is 0.314 e. The van der Waals surface area contributed by atoms with Crippen LogP contribution in [0.2, 0.25) is 0 Å². The smallest absolute Gasteiger partial charge is 0.314 e. The predicted octanol–water partition coefficient (Wildman–Crippen LogP) is 0.216. The van der Waals surface area contributed by atoms with Gasteiger partial charge in [-0.1, -0.05) is 30.3 Å². The third-order valence-corrected chi connectivity index (χ3v) is 1.58. The maximum absolute atomic E-state index is 10.4. The second kappa shape index (κ2) is 4.47. The minimum Gasteiger partial charge on any atom is -0.373 e. The fraction of sp³-hybridized carbons (Fsp3) is 0.222. The van der Waals surface area contributed by atoms with E-state index in [9.17, 15) is 9.90 Å². The van der Waals surface area contributed by atoms with Gasteiger partial charge in [-0.2, -0.15) is 0 Å². The molecule has 0 heterocycles. The van der Waals surface area contributed by atoms with E-state index < -0.39 is 12.3 Å². The highest BCUT2D eigenvalue weighted by Gasteiger charge is 2.05. The summed E-state index contributed by atoms with van der Waals surface area (Å²) in [7, 11) is 0. The number of nitrogens with two attached hydrogens (primary N) is 1. The highest BCUT2D eigenvalue weighted by Crippen LogP contribution is 2.00. The lowest BCUT2D eigenvalue weighted by Crippen LogP contribution is -2.39. The van der Waals surface area contributed by atoms with Crippen molar-refractivity contribution in [3.05, 3.63) is 35.9 Å². The molecule has 0 unspecified atom stereocenters. The molecule has 0 fully saturated rings. The Kier molecular flexibility index (Phi) is 3.28. The Bertz CT molecular complexity index is 274. The molecule has 0 saturated carbocycles. The Balaban J connectivity index is 2.45. The molecule has 0 saturated heterocycles. The zero-order chi connectivity index (χ0) is 9.68. The number of carbonyl (C=O) groups is 1. The number of hydrogen-bond donors (Lipinski definition) is 3. The van der Waals surface area contributed by atoms with Crippen LogP contribution in [0.4, 0.5) is 4.79 Å². The number of hydrogen-bond acceptors (Lipinski definition) is 2. The molecule has 70 valence electrons. The molecule has 0 bridgehead atoms. The summed E-state index contributed by atoms with van der Waals surface area (Å²) in [5.74, 6) is 0. The summed E-state index contributed by atoms with van der Waals surface area (Å²) < 4.78 is 0. The SMILES string of the molecule is NC(=O)N[C@@H](O)Cc1ccccc1. The molecule has 1 rings (SSSR count). The number of carbonyl (C=O) groups excluding carboxylic acids is 1. The van der Waals surface area contributed by atoms with Gasteiger partial charge in [0.05, 0.1) is 0 Å². The summed E-state index contributed by atoms with van der Waals surface area (Å²) in [4.78, 5) is 10.4. The summed E-state index contributed by atoms with van der Waals surface area (Å²) in [5, 5.41) is 11.4. The number of aliphatic hydroxyl groups excluding tert-OH is 1. The summed E-state index contributed by atoms with van der Waals surface area (Å²) >= 11 is 0. The van der Waals surface area contributed by atoms with Crippen molar-refractivity contribution in [2.75, 3.05) is 0 Å². The first kappa shape index (κ1) is 9.54. The number of urea groups is 1. The first-order valence-electron chi connectivity index (χ1n) is 3.96. The zero-order valence-corrected chi connectivity index (χ0v) is 7.10. The summed E-state index contributed by atoms with van der Waals surface area (Å²) in [6.07, 6.45) is -0.552. The first-order chi connectivity index (χ1) is 6.18.